The van der Waals surface area contributed by atoms with E-state index in [1.165, 1.54) is 6.21 Å². The Labute approximate surface area is 149 Å². The summed E-state index contributed by atoms with van der Waals surface area (Å²) < 4.78 is 0. The van der Waals surface area contributed by atoms with Crippen molar-refractivity contribution in [2.24, 2.45) is 5.10 Å². The van der Waals surface area contributed by atoms with E-state index in [0.29, 0.717) is 11.4 Å². The number of fused-ring (bicyclic) bond motifs is 1. The van der Waals surface area contributed by atoms with Gasteiger partial charge in [-0.15, -0.1) is 0 Å². The van der Waals surface area contributed by atoms with E-state index in [1.807, 2.05) is 48.5 Å². The number of pyridine rings is 1. The number of hydrogen-bond donors (Lipinski definition) is 2. The summed E-state index contributed by atoms with van der Waals surface area (Å²) in [5.41, 5.74) is 5.31. The average molecular weight is 341 g/mol. The lowest BCUT2D eigenvalue weighted by Gasteiger charge is -2.02. The Kier molecular flexibility index (Phi) is 4.22. The monoisotopic (exact) mass is 341 g/mol. The van der Waals surface area contributed by atoms with Crippen LogP contribution in [0.1, 0.15) is 16.1 Å². The van der Waals surface area contributed by atoms with Gasteiger partial charge in [-0.1, -0.05) is 48.5 Å². The molecule has 2 aromatic heterocycles. The highest BCUT2D eigenvalue weighted by Crippen LogP contribution is 2.27. The molecule has 0 radical (unpaired) electrons. The highest BCUT2D eigenvalue weighted by Gasteiger charge is 2.12. The Morgan fingerprint density at radius 3 is 2.85 bits per heavy atom. The number of H-pyrrole nitrogens is 1. The molecule has 4 rings (SSSR count). The number of nitrogens with one attached hydrogen (secondary N) is 2. The topological polar surface area (TPSA) is 83.0 Å². The molecule has 0 saturated carbocycles. The van der Waals surface area contributed by atoms with Crippen LogP contribution in [0.4, 0.5) is 0 Å². The number of aromatic amines is 1. The lowest BCUT2D eigenvalue weighted by Crippen LogP contribution is -2.18. The number of hydrazone groups is 1. The molecule has 0 saturated heterocycles. The van der Waals surface area contributed by atoms with Crippen molar-refractivity contribution in [1.82, 2.24) is 20.6 Å². The zero-order valence-electron chi connectivity index (χ0n) is 13.8. The molecule has 1 amide bonds. The summed E-state index contributed by atoms with van der Waals surface area (Å²) in [6.45, 7) is 0. The third-order valence-electron chi connectivity index (χ3n) is 3.95. The van der Waals surface area contributed by atoms with Gasteiger partial charge in [0.25, 0.3) is 5.91 Å². The molecule has 0 unspecified atom stereocenters. The van der Waals surface area contributed by atoms with Gasteiger partial charge in [-0.2, -0.15) is 10.2 Å². The first kappa shape index (κ1) is 15.7. The summed E-state index contributed by atoms with van der Waals surface area (Å²) in [6, 6.07) is 19.4. The third-order valence-corrected chi connectivity index (χ3v) is 3.95. The van der Waals surface area contributed by atoms with Crippen LogP contribution in [0.5, 0.6) is 0 Å². The summed E-state index contributed by atoms with van der Waals surface area (Å²) >= 11 is 0. The fraction of sp³-hybridized carbons (Fsp3) is 0. The van der Waals surface area contributed by atoms with Gasteiger partial charge in [-0.3, -0.25) is 14.9 Å². The molecule has 0 atom stereocenters. The Balaban J connectivity index is 1.54. The minimum absolute atomic E-state index is 0.344. The number of carbonyl (C=O) groups excluding carboxylic acids is 1. The molecule has 0 aliphatic rings. The number of rotatable bonds is 4. The zero-order valence-corrected chi connectivity index (χ0v) is 13.8. The smallest absolute Gasteiger partial charge is 0.272 e. The van der Waals surface area contributed by atoms with Crippen molar-refractivity contribution in [2.75, 3.05) is 0 Å². The quantitative estimate of drug-likeness (QED) is 0.441. The highest BCUT2D eigenvalue weighted by molar-refractivity contribution is 5.98. The molecule has 0 aliphatic carbocycles. The summed E-state index contributed by atoms with van der Waals surface area (Å²) in [7, 11) is 0. The van der Waals surface area contributed by atoms with Crippen LogP contribution in [-0.4, -0.2) is 27.3 Å². The van der Waals surface area contributed by atoms with Crippen molar-refractivity contribution in [2.45, 2.75) is 0 Å². The van der Waals surface area contributed by atoms with E-state index >= 15 is 0 Å². The summed E-state index contributed by atoms with van der Waals surface area (Å²) in [6.07, 6.45) is 4.87. The molecular weight excluding hydrogens is 326 g/mol. The van der Waals surface area contributed by atoms with E-state index in [4.69, 9.17) is 0 Å². The molecule has 0 fully saturated rings. The largest absolute Gasteiger partial charge is 0.289 e. The molecule has 26 heavy (non-hydrogen) atoms. The normalized spacial score (nSPS) is 11.1. The highest BCUT2D eigenvalue weighted by atomic mass is 16.2. The van der Waals surface area contributed by atoms with Gasteiger partial charge < -0.3 is 0 Å². The van der Waals surface area contributed by atoms with E-state index in [9.17, 15) is 4.79 Å². The second-order valence-corrected chi connectivity index (χ2v) is 5.68. The van der Waals surface area contributed by atoms with Crippen molar-refractivity contribution in [3.05, 3.63) is 84.3 Å². The van der Waals surface area contributed by atoms with Crippen LogP contribution < -0.4 is 5.43 Å². The molecule has 2 N–H and O–H groups in total. The first-order valence-electron chi connectivity index (χ1n) is 8.08. The van der Waals surface area contributed by atoms with Gasteiger partial charge in [-0.05, 0) is 22.9 Å². The van der Waals surface area contributed by atoms with Gasteiger partial charge in [0, 0.05) is 23.5 Å². The molecule has 0 spiro atoms. The number of amides is 1. The van der Waals surface area contributed by atoms with Gasteiger partial charge in [-0.25, -0.2) is 5.43 Å². The molecule has 6 heteroatoms. The fourth-order valence-corrected chi connectivity index (χ4v) is 2.70. The van der Waals surface area contributed by atoms with Crippen LogP contribution in [0.15, 0.2) is 78.2 Å². The zero-order chi connectivity index (χ0) is 17.8. The predicted molar refractivity (Wildman–Crippen MR) is 101 cm³/mol. The number of hydrogen-bond acceptors (Lipinski definition) is 4. The Bertz CT molecular complexity index is 1080. The van der Waals surface area contributed by atoms with E-state index in [2.05, 4.69) is 25.7 Å². The second kappa shape index (κ2) is 6.98. The van der Waals surface area contributed by atoms with Gasteiger partial charge in [0.15, 0.2) is 0 Å². The maximum Gasteiger partial charge on any atom is 0.289 e. The van der Waals surface area contributed by atoms with Crippen LogP contribution in [0.3, 0.4) is 0 Å². The standard InChI is InChI=1S/C20H15N5O/c26-20(25-22-13-14-5-4-10-21-12-14)19-11-18(23-24-19)17-9-3-7-15-6-1-2-8-16(15)17/h1-13H,(H,23,24)(H,25,26)/b22-13+. The summed E-state index contributed by atoms with van der Waals surface area (Å²) in [5.74, 6) is -0.357. The number of carbonyl (C=O) groups is 1. The Hall–Kier alpha value is -3.80. The van der Waals surface area contributed by atoms with E-state index in [0.717, 1.165) is 21.9 Å². The van der Waals surface area contributed by atoms with Crippen LogP contribution in [0.2, 0.25) is 0 Å². The maximum atomic E-state index is 12.2. The van der Waals surface area contributed by atoms with Crippen LogP contribution in [-0.2, 0) is 0 Å². The molecule has 6 nitrogen and oxygen atoms in total. The van der Waals surface area contributed by atoms with Gasteiger partial charge >= 0.3 is 0 Å². The lowest BCUT2D eigenvalue weighted by molar-refractivity contribution is 0.0950. The number of benzene rings is 2. The molecular formula is C20H15N5O. The molecule has 2 aromatic carbocycles. The lowest BCUT2D eigenvalue weighted by atomic mass is 10.0. The van der Waals surface area contributed by atoms with Crippen LogP contribution in [0, 0.1) is 0 Å². The minimum atomic E-state index is -0.357. The van der Waals surface area contributed by atoms with Crippen molar-refractivity contribution >= 4 is 22.9 Å². The Morgan fingerprint density at radius 2 is 1.96 bits per heavy atom. The SMILES string of the molecule is O=C(N/N=C/c1cccnc1)c1cc(-c2cccc3ccccc23)n[nH]1. The Morgan fingerprint density at radius 1 is 1.08 bits per heavy atom. The van der Waals surface area contributed by atoms with E-state index < -0.39 is 0 Å². The first-order valence-corrected chi connectivity index (χ1v) is 8.08. The van der Waals surface area contributed by atoms with Crippen molar-refractivity contribution in [3.8, 4) is 11.3 Å². The average Bonchev–Trinajstić information content (AvgIpc) is 3.18. The summed E-state index contributed by atoms with van der Waals surface area (Å²) in [5, 5.41) is 13.2. The van der Waals surface area contributed by atoms with Crippen LogP contribution in [0.25, 0.3) is 22.0 Å². The molecule has 4 aromatic rings. The van der Waals surface area contributed by atoms with Crippen LogP contribution >= 0.6 is 0 Å². The number of aromatic nitrogens is 3. The van der Waals surface area contributed by atoms with Crippen molar-refractivity contribution in [3.63, 3.8) is 0 Å². The summed E-state index contributed by atoms with van der Waals surface area (Å²) in [4.78, 5) is 16.2. The molecule has 126 valence electrons. The van der Waals surface area contributed by atoms with E-state index in [1.54, 1.807) is 24.5 Å². The van der Waals surface area contributed by atoms with Gasteiger partial charge in [0.05, 0.1) is 11.9 Å². The molecule has 0 aliphatic heterocycles. The van der Waals surface area contributed by atoms with Crippen molar-refractivity contribution in [1.29, 1.82) is 0 Å². The molecule has 0 bridgehead atoms. The van der Waals surface area contributed by atoms with E-state index in [-0.39, 0.29) is 5.91 Å². The van der Waals surface area contributed by atoms with Gasteiger partial charge in [0.1, 0.15) is 5.69 Å². The maximum absolute atomic E-state index is 12.2. The molecule has 2 heterocycles. The number of nitrogens with zero attached hydrogens (tertiary/aromatic N) is 3. The predicted octanol–water partition coefficient (Wildman–Crippen LogP) is 3.39. The second-order valence-electron chi connectivity index (χ2n) is 5.68. The first-order chi connectivity index (χ1) is 12.8. The van der Waals surface area contributed by atoms with Gasteiger partial charge in [0.2, 0.25) is 0 Å². The minimum Gasteiger partial charge on any atom is -0.272 e. The fourth-order valence-electron chi connectivity index (χ4n) is 2.70. The van der Waals surface area contributed by atoms with Crippen molar-refractivity contribution < 1.29 is 4.79 Å². The third kappa shape index (κ3) is 3.21.